The van der Waals surface area contributed by atoms with Gasteiger partial charge in [0.05, 0.1) is 11.1 Å². The number of amides is 1. The van der Waals surface area contributed by atoms with E-state index in [1.165, 1.54) is 32.4 Å². The molecule has 1 aromatic heterocycles. The molecule has 1 aliphatic carbocycles. The lowest BCUT2D eigenvalue weighted by Crippen LogP contribution is -2.33. The number of rotatable bonds is 6. The number of ketones is 1. The maximum Gasteiger partial charge on any atom is 0.257 e. The zero-order chi connectivity index (χ0) is 19.3. The number of aryl methyl sites for hydroxylation is 1. The van der Waals surface area contributed by atoms with Crippen LogP contribution in [0.5, 0.6) is 5.75 Å². The summed E-state index contributed by atoms with van der Waals surface area (Å²) in [4.78, 5) is 30.3. The molecule has 148 valence electrons. The molecule has 2 aromatic rings. The summed E-state index contributed by atoms with van der Waals surface area (Å²) in [5, 5.41) is 2.88. The van der Waals surface area contributed by atoms with Crippen molar-refractivity contribution in [1.82, 2.24) is 9.88 Å². The van der Waals surface area contributed by atoms with E-state index in [9.17, 15) is 9.59 Å². The van der Waals surface area contributed by atoms with Crippen LogP contribution in [0.3, 0.4) is 0 Å². The number of anilines is 1. The van der Waals surface area contributed by atoms with Gasteiger partial charge in [-0.1, -0.05) is 6.42 Å². The molecule has 0 spiro atoms. The fourth-order valence-corrected chi connectivity index (χ4v) is 4.02. The maximum absolute atomic E-state index is 12.6. The molecule has 1 amide bonds. The molecular weight excluding hydrogens is 354 g/mol. The predicted molar refractivity (Wildman–Crippen MR) is 108 cm³/mol. The van der Waals surface area contributed by atoms with Gasteiger partial charge in [0.2, 0.25) is 0 Å². The van der Waals surface area contributed by atoms with Crippen LogP contribution in [0.1, 0.15) is 58.5 Å². The van der Waals surface area contributed by atoms with Gasteiger partial charge >= 0.3 is 0 Å². The van der Waals surface area contributed by atoms with Gasteiger partial charge in [0.25, 0.3) is 5.91 Å². The Hall–Kier alpha value is -2.60. The van der Waals surface area contributed by atoms with E-state index < -0.39 is 0 Å². The Morgan fingerprint density at radius 2 is 1.86 bits per heavy atom. The molecule has 0 radical (unpaired) electrons. The zero-order valence-electron chi connectivity index (χ0n) is 16.1. The van der Waals surface area contributed by atoms with Crippen LogP contribution < -0.4 is 10.1 Å². The molecule has 28 heavy (non-hydrogen) atoms. The number of aromatic amines is 1. The zero-order valence-corrected chi connectivity index (χ0v) is 16.1. The first kappa shape index (κ1) is 18.7. The van der Waals surface area contributed by atoms with E-state index in [1.54, 1.807) is 6.20 Å². The number of H-pyrrole nitrogens is 1. The fraction of sp³-hybridized carbons (Fsp3) is 0.455. The van der Waals surface area contributed by atoms with Gasteiger partial charge in [-0.15, -0.1) is 0 Å². The molecule has 1 saturated heterocycles. The first-order valence-corrected chi connectivity index (χ1v) is 10.2. The Kier molecular flexibility index (Phi) is 5.76. The summed E-state index contributed by atoms with van der Waals surface area (Å²) in [5.41, 5.74) is 2.55. The van der Waals surface area contributed by atoms with Crippen LogP contribution in [-0.4, -0.2) is 47.8 Å². The van der Waals surface area contributed by atoms with Gasteiger partial charge in [0.1, 0.15) is 12.4 Å². The number of Topliss-reactive ketones (excluding diaryl/α,β-unsaturated/α-hetero) is 1. The molecule has 1 aromatic carbocycles. The second-order valence-corrected chi connectivity index (χ2v) is 7.56. The predicted octanol–water partition coefficient (Wildman–Crippen LogP) is 3.65. The first-order valence-electron chi connectivity index (χ1n) is 10.2. The summed E-state index contributed by atoms with van der Waals surface area (Å²) >= 11 is 0. The highest BCUT2D eigenvalue weighted by Crippen LogP contribution is 2.25. The summed E-state index contributed by atoms with van der Waals surface area (Å²) in [6, 6.07) is 7.39. The van der Waals surface area contributed by atoms with Gasteiger partial charge in [-0.2, -0.15) is 0 Å². The number of ether oxygens (including phenoxy) is 1. The highest BCUT2D eigenvalue weighted by atomic mass is 16.5. The molecule has 4 rings (SSSR count). The lowest BCUT2D eigenvalue weighted by molar-refractivity contribution is 0.0956. The fourth-order valence-electron chi connectivity index (χ4n) is 4.02. The second kappa shape index (κ2) is 8.61. The molecule has 1 fully saturated rings. The van der Waals surface area contributed by atoms with Gasteiger partial charge in [-0.25, -0.2) is 0 Å². The minimum absolute atomic E-state index is 0.0464. The number of fused-ring (bicyclic) bond motifs is 1. The van der Waals surface area contributed by atoms with Crippen LogP contribution in [0.15, 0.2) is 30.5 Å². The molecule has 1 aliphatic heterocycles. The Morgan fingerprint density at radius 1 is 1.07 bits per heavy atom. The third-order valence-corrected chi connectivity index (χ3v) is 5.55. The Labute approximate surface area is 165 Å². The molecule has 2 N–H and O–H groups in total. The number of nitrogens with zero attached hydrogens (tertiary/aromatic N) is 1. The number of carbonyl (C=O) groups is 2. The minimum atomic E-state index is -0.258. The topological polar surface area (TPSA) is 74.4 Å². The summed E-state index contributed by atoms with van der Waals surface area (Å²) in [6.07, 6.45) is 7.71. The number of piperidine rings is 1. The van der Waals surface area contributed by atoms with Gasteiger partial charge in [0.15, 0.2) is 5.78 Å². The molecule has 2 heterocycles. The monoisotopic (exact) mass is 381 g/mol. The van der Waals surface area contributed by atoms with Crippen molar-refractivity contribution in [3.63, 3.8) is 0 Å². The van der Waals surface area contributed by atoms with Crippen molar-refractivity contribution >= 4 is 17.4 Å². The minimum Gasteiger partial charge on any atom is -0.492 e. The van der Waals surface area contributed by atoms with E-state index in [0.717, 1.165) is 30.8 Å². The number of carbonyl (C=O) groups excluding carboxylic acids is 2. The standard InChI is InChI=1S/C22H27N3O3/c26-20-6-4-5-19-21(20)18(15-23-19)22(27)24-16-7-9-17(10-8-16)28-14-13-25-11-2-1-3-12-25/h7-10,15,23H,1-6,11-14H2,(H,24,27). The van der Waals surface area contributed by atoms with Gasteiger partial charge in [0, 0.05) is 30.5 Å². The van der Waals surface area contributed by atoms with Crippen molar-refractivity contribution in [2.75, 3.05) is 31.6 Å². The third kappa shape index (κ3) is 4.28. The van der Waals surface area contributed by atoms with Crippen LogP contribution in [0.4, 0.5) is 5.69 Å². The highest BCUT2D eigenvalue weighted by molar-refractivity contribution is 6.13. The average molecular weight is 381 g/mol. The summed E-state index contributed by atoms with van der Waals surface area (Å²) in [5.74, 6) is 0.584. The van der Waals surface area contributed by atoms with E-state index in [2.05, 4.69) is 15.2 Å². The van der Waals surface area contributed by atoms with E-state index in [-0.39, 0.29) is 11.7 Å². The van der Waals surface area contributed by atoms with E-state index in [0.29, 0.717) is 29.8 Å². The van der Waals surface area contributed by atoms with Crippen molar-refractivity contribution in [1.29, 1.82) is 0 Å². The Morgan fingerprint density at radius 3 is 2.64 bits per heavy atom. The second-order valence-electron chi connectivity index (χ2n) is 7.56. The van der Waals surface area contributed by atoms with E-state index in [4.69, 9.17) is 4.74 Å². The van der Waals surface area contributed by atoms with Gasteiger partial charge in [-0.05, 0) is 63.0 Å². The molecule has 0 unspecified atom stereocenters. The average Bonchev–Trinajstić information content (AvgIpc) is 3.16. The van der Waals surface area contributed by atoms with Crippen LogP contribution in [-0.2, 0) is 6.42 Å². The van der Waals surface area contributed by atoms with Crippen LogP contribution in [0, 0.1) is 0 Å². The van der Waals surface area contributed by atoms with Crippen LogP contribution in [0.25, 0.3) is 0 Å². The SMILES string of the molecule is O=C(Nc1ccc(OCCN2CCCCC2)cc1)c1c[nH]c2c1C(=O)CCC2. The van der Waals surface area contributed by atoms with Crippen LogP contribution >= 0.6 is 0 Å². The first-order chi connectivity index (χ1) is 13.7. The van der Waals surface area contributed by atoms with Crippen molar-refractivity contribution in [2.45, 2.75) is 38.5 Å². The molecule has 6 nitrogen and oxygen atoms in total. The van der Waals surface area contributed by atoms with Crippen molar-refractivity contribution in [2.24, 2.45) is 0 Å². The highest BCUT2D eigenvalue weighted by Gasteiger charge is 2.25. The number of likely N-dealkylation sites (tertiary alicyclic amines) is 1. The lowest BCUT2D eigenvalue weighted by Gasteiger charge is -2.26. The summed E-state index contributed by atoms with van der Waals surface area (Å²) in [7, 11) is 0. The quantitative estimate of drug-likeness (QED) is 0.801. The Balaban J connectivity index is 1.31. The smallest absolute Gasteiger partial charge is 0.257 e. The lowest BCUT2D eigenvalue weighted by atomic mass is 9.93. The number of aromatic nitrogens is 1. The van der Waals surface area contributed by atoms with Crippen molar-refractivity contribution < 1.29 is 14.3 Å². The van der Waals surface area contributed by atoms with Crippen molar-refractivity contribution in [3.05, 3.63) is 47.3 Å². The maximum atomic E-state index is 12.6. The molecule has 6 heteroatoms. The molecule has 0 atom stereocenters. The molecule has 2 aliphatic rings. The summed E-state index contributed by atoms with van der Waals surface area (Å²) < 4.78 is 5.83. The number of hydrogen-bond acceptors (Lipinski definition) is 4. The normalized spacial score (nSPS) is 17.2. The van der Waals surface area contributed by atoms with Crippen molar-refractivity contribution in [3.8, 4) is 5.75 Å². The number of benzene rings is 1. The Bertz CT molecular complexity index is 835. The molecule has 0 bridgehead atoms. The number of nitrogens with one attached hydrogen (secondary N) is 2. The van der Waals surface area contributed by atoms with E-state index in [1.807, 2.05) is 24.3 Å². The third-order valence-electron chi connectivity index (χ3n) is 5.55. The van der Waals surface area contributed by atoms with E-state index >= 15 is 0 Å². The van der Waals surface area contributed by atoms with Gasteiger partial charge in [-0.3, -0.25) is 14.5 Å². The molecular formula is C22H27N3O3. The summed E-state index contributed by atoms with van der Waals surface area (Å²) in [6.45, 7) is 3.95. The van der Waals surface area contributed by atoms with Gasteiger partial charge < -0.3 is 15.0 Å². The molecule has 0 saturated carbocycles. The number of hydrogen-bond donors (Lipinski definition) is 2. The van der Waals surface area contributed by atoms with Crippen LogP contribution in [0.2, 0.25) is 0 Å². The largest absolute Gasteiger partial charge is 0.492 e.